The van der Waals surface area contributed by atoms with Crippen LogP contribution in [0.3, 0.4) is 0 Å². The number of fused-ring (bicyclic) bond motifs is 1. The molecule has 0 aliphatic heterocycles. The zero-order valence-corrected chi connectivity index (χ0v) is 20.8. The maximum Gasteiger partial charge on any atom is 0.305 e. The number of hydrogen-bond acceptors (Lipinski definition) is 5. The first-order valence-electron chi connectivity index (χ1n) is 11.9. The summed E-state index contributed by atoms with van der Waals surface area (Å²) in [4.78, 5) is 13.0. The van der Waals surface area contributed by atoms with Gasteiger partial charge in [0.05, 0.1) is 33.4 Å². The van der Waals surface area contributed by atoms with Crippen molar-refractivity contribution in [2.24, 2.45) is 0 Å². The van der Waals surface area contributed by atoms with Crippen LogP contribution in [0.5, 0.6) is 11.5 Å². The first kappa shape index (κ1) is 24.6. The second-order valence-corrected chi connectivity index (χ2v) is 9.02. The van der Waals surface area contributed by atoms with Crippen LogP contribution < -0.4 is 14.4 Å². The smallest absolute Gasteiger partial charge is 0.305 e. The van der Waals surface area contributed by atoms with Crippen LogP contribution in [0.4, 0.5) is 5.69 Å². The Kier molecular flexibility index (Phi) is 7.61. The second kappa shape index (κ2) is 10.8. The molecule has 0 heterocycles. The monoisotopic (exact) mass is 475 g/mol. The van der Waals surface area contributed by atoms with E-state index >= 15 is 0 Å². The fourth-order valence-electron chi connectivity index (χ4n) is 4.70. The van der Waals surface area contributed by atoms with Gasteiger partial charge in [0.15, 0.2) is 0 Å². The minimum atomic E-state index is -0.809. The van der Waals surface area contributed by atoms with Crippen molar-refractivity contribution >= 4 is 11.7 Å². The SMILES string of the molecule is COc1cc(-c2ccc(N(C)CCC(=O)O)cc2COC2Cc3ccccc3C2)cc(OC)c1C. The average Bonchev–Trinajstić information content (AvgIpc) is 3.29. The van der Waals surface area contributed by atoms with Gasteiger partial charge in [-0.25, -0.2) is 0 Å². The van der Waals surface area contributed by atoms with E-state index in [1.165, 1.54) is 11.1 Å². The lowest BCUT2D eigenvalue weighted by molar-refractivity contribution is -0.136. The minimum absolute atomic E-state index is 0.0801. The predicted molar refractivity (Wildman–Crippen MR) is 138 cm³/mol. The Morgan fingerprint density at radius 1 is 1.00 bits per heavy atom. The van der Waals surface area contributed by atoms with Crippen LogP contribution in [0, 0.1) is 6.92 Å². The molecule has 35 heavy (non-hydrogen) atoms. The molecule has 0 saturated carbocycles. The Bertz CT molecular complexity index is 1160. The number of carboxylic acid groups (broad SMARTS) is 1. The molecular weight excluding hydrogens is 442 g/mol. The van der Waals surface area contributed by atoms with E-state index in [4.69, 9.17) is 19.3 Å². The molecule has 3 aromatic carbocycles. The molecule has 0 radical (unpaired) electrons. The lowest BCUT2D eigenvalue weighted by atomic mass is 9.97. The number of hydrogen-bond donors (Lipinski definition) is 1. The van der Waals surface area contributed by atoms with E-state index in [-0.39, 0.29) is 12.5 Å². The molecule has 0 bridgehead atoms. The molecule has 0 aromatic heterocycles. The average molecular weight is 476 g/mol. The fraction of sp³-hybridized carbons (Fsp3) is 0.345. The van der Waals surface area contributed by atoms with E-state index in [0.717, 1.165) is 52.3 Å². The van der Waals surface area contributed by atoms with Crippen LogP contribution in [-0.2, 0) is 29.0 Å². The minimum Gasteiger partial charge on any atom is -0.496 e. The molecule has 1 aliphatic rings. The molecule has 6 heteroatoms. The Labute approximate surface area is 207 Å². The summed E-state index contributed by atoms with van der Waals surface area (Å²) in [5.74, 6) is 0.719. The van der Waals surface area contributed by atoms with E-state index in [1.54, 1.807) is 14.2 Å². The highest BCUT2D eigenvalue weighted by atomic mass is 16.5. The van der Waals surface area contributed by atoms with Crippen LogP contribution in [-0.4, -0.2) is 45.0 Å². The third-order valence-electron chi connectivity index (χ3n) is 6.74. The Morgan fingerprint density at radius 2 is 1.63 bits per heavy atom. The zero-order chi connectivity index (χ0) is 24.9. The van der Waals surface area contributed by atoms with E-state index in [9.17, 15) is 4.79 Å². The van der Waals surface area contributed by atoms with Gasteiger partial charge in [-0.2, -0.15) is 0 Å². The Balaban J connectivity index is 1.65. The van der Waals surface area contributed by atoms with Crippen molar-refractivity contribution in [2.45, 2.75) is 38.9 Å². The van der Waals surface area contributed by atoms with Crippen LogP contribution in [0.25, 0.3) is 11.1 Å². The summed E-state index contributed by atoms with van der Waals surface area (Å²) in [7, 11) is 5.23. The first-order chi connectivity index (χ1) is 16.9. The predicted octanol–water partition coefficient (Wildman–Crippen LogP) is 5.27. The van der Waals surface area contributed by atoms with Gasteiger partial charge in [0.25, 0.3) is 0 Å². The van der Waals surface area contributed by atoms with Crippen molar-refractivity contribution in [3.05, 3.63) is 76.9 Å². The molecule has 0 amide bonds. The number of anilines is 1. The van der Waals surface area contributed by atoms with E-state index in [1.807, 2.05) is 37.1 Å². The maximum absolute atomic E-state index is 11.1. The van der Waals surface area contributed by atoms with Crippen molar-refractivity contribution in [3.63, 3.8) is 0 Å². The summed E-state index contributed by atoms with van der Waals surface area (Å²) in [6, 6.07) is 18.7. The first-order valence-corrected chi connectivity index (χ1v) is 11.9. The van der Waals surface area contributed by atoms with Gasteiger partial charge in [0.1, 0.15) is 11.5 Å². The number of methoxy groups -OCH3 is 2. The number of carboxylic acids is 1. The largest absolute Gasteiger partial charge is 0.496 e. The highest BCUT2D eigenvalue weighted by molar-refractivity contribution is 5.74. The fourth-order valence-corrected chi connectivity index (χ4v) is 4.70. The lowest BCUT2D eigenvalue weighted by Crippen LogP contribution is -2.21. The molecule has 1 N–H and O–H groups in total. The normalized spacial score (nSPS) is 12.9. The number of benzene rings is 3. The van der Waals surface area contributed by atoms with Crippen molar-refractivity contribution in [1.29, 1.82) is 0 Å². The van der Waals surface area contributed by atoms with E-state index in [2.05, 4.69) is 36.4 Å². The molecule has 1 aliphatic carbocycles. The van der Waals surface area contributed by atoms with E-state index in [0.29, 0.717) is 13.2 Å². The van der Waals surface area contributed by atoms with Crippen molar-refractivity contribution in [3.8, 4) is 22.6 Å². The van der Waals surface area contributed by atoms with Gasteiger partial charge in [-0.15, -0.1) is 0 Å². The van der Waals surface area contributed by atoms with Crippen molar-refractivity contribution < 1.29 is 24.1 Å². The number of nitrogens with zero attached hydrogens (tertiary/aromatic N) is 1. The molecule has 0 atom stereocenters. The van der Waals surface area contributed by atoms with Crippen molar-refractivity contribution in [2.75, 3.05) is 32.7 Å². The number of carbonyl (C=O) groups is 1. The van der Waals surface area contributed by atoms with Gasteiger partial charge < -0.3 is 24.2 Å². The van der Waals surface area contributed by atoms with E-state index < -0.39 is 5.97 Å². The third-order valence-corrected chi connectivity index (χ3v) is 6.74. The molecule has 0 unspecified atom stereocenters. The topological polar surface area (TPSA) is 68.2 Å². The molecule has 3 aromatic rings. The van der Waals surface area contributed by atoms with Crippen LogP contribution in [0.2, 0.25) is 0 Å². The Hall–Kier alpha value is -3.51. The summed E-state index contributed by atoms with van der Waals surface area (Å²) >= 11 is 0. The van der Waals surface area contributed by atoms with Gasteiger partial charge in [-0.05, 0) is 71.8 Å². The van der Waals surface area contributed by atoms with Gasteiger partial charge in [-0.3, -0.25) is 4.79 Å². The highest BCUT2D eigenvalue weighted by Gasteiger charge is 2.22. The van der Waals surface area contributed by atoms with Crippen LogP contribution >= 0.6 is 0 Å². The number of ether oxygens (including phenoxy) is 3. The summed E-state index contributed by atoms with van der Waals surface area (Å²) < 4.78 is 17.6. The molecule has 4 rings (SSSR count). The second-order valence-electron chi connectivity index (χ2n) is 9.02. The third kappa shape index (κ3) is 5.60. The summed E-state index contributed by atoms with van der Waals surface area (Å²) in [5.41, 5.74) is 7.67. The van der Waals surface area contributed by atoms with Crippen LogP contribution in [0.1, 0.15) is 28.7 Å². The van der Waals surface area contributed by atoms with Gasteiger partial charge in [0.2, 0.25) is 0 Å². The molecular formula is C29H33NO5. The zero-order valence-electron chi connectivity index (χ0n) is 20.8. The van der Waals surface area contributed by atoms with Gasteiger partial charge in [-0.1, -0.05) is 30.3 Å². The summed E-state index contributed by atoms with van der Waals surface area (Å²) in [6.45, 7) is 2.86. The quantitative estimate of drug-likeness (QED) is 0.431. The van der Waals surface area contributed by atoms with Gasteiger partial charge in [0, 0.05) is 24.8 Å². The summed E-state index contributed by atoms with van der Waals surface area (Å²) in [5, 5.41) is 9.09. The van der Waals surface area contributed by atoms with Crippen molar-refractivity contribution in [1.82, 2.24) is 0 Å². The molecule has 184 valence electrons. The highest BCUT2D eigenvalue weighted by Crippen LogP contribution is 2.37. The molecule has 0 spiro atoms. The maximum atomic E-state index is 11.1. The molecule has 0 fully saturated rings. The Morgan fingerprint density at radius 3 is 2.20 bits per heavy atom. The lowest BCUT2D eigenvalue weighted by Gasteiger charge is -2.22. The number of rotatable bonds is 10. The standard InChI is InChI=1S/C29H33NO5/c1-19-27(33-3)16-22(17-28(19)34-4)26-10-9-24(30(2)12-11-29(31)32)13-23(26)18-35-25-14-20-7-5-6-8-21(20)15-25/h5-10,13,16-17,25H,11-12,14-15,18H2,1-4H3,(H,31,32). The van der Waals surface area contributed by atoms with Gasteiger partial charge >= 0.3 is 5.97 Å². The number of aliphatic carboxylic acids is 1. The van der Waals surface area contributed by atoms with Crippen LogP contribution in [0.15, 0.2) is 54.6 Å². The molecule has 6 nitrogen and oxygen atoms in total. The summed E-state index contributed by atoms with van der Waals surface area (Å²) in [6.07, 6.45) is 2.04. The molecule has 0 saturated heterocycles.